The minimum atomic E-state index is -4.52. The Bertz CT molecular complexity index is 1370. The SMILES string of the molecule is Nc1cc(C(CC(=O)NCCCCc2ccccc2)NS(=O)(=O)c2ccccc2)ccc1OC(F)(F)C(=O)O. The molecule has 0 spiro atoms. The molecule has 3 aromatic rings. The molecule has 0 heterocycles. The summed E-state index contributed by atoms with van der Waals surface area (Å²) in [4.78, 5) is 23.4. The average molecular weight is 562 g/mol. The number of carboxylic acids is 1. The van der Waals surface area contributed by atoms with Crippen LogP contribution in [0.5, 0.6) is 5.75 Å². The average Bonchev–Trinajstić information content (AvgIpc) is 2.90. The van der Waals surface area contributed by atoms with E-state index < -0.39 is 39.8 Å². The summed E-state index contributed by atoms with van der Waals surface area (Å²) in [5, 5.41) is 11.4. The zero-order chi connectivity index (χ0) is 28.5. The van der Waals surface area contributed by atoms with Crippen molar-refractivity contribution in [1.29, 1.82) is 0 Å². The van der Waals surface area contributed by atoms with Gasteiger partial charge in [0.05, 0.1) is 16.6 Å². The molecule has 39 heavy (non-hydrogen) atoms. The molecule has 0 saturated heterocycles. The Morgan fingerprint density at radius 1 is 0.974 bits per heavy atom. The molecule has 0 aliphatic heterocycles. The summed E-state index contributed by atoms with van der Waals surface area (Å²) >= 11 is 0. The third-order valence-electron chi connectivity index (χ3n) is 5.72. The number of carbonyl (C=O) groups is 2. The first-order chi connectivity index (χ1) is 18.5. The Morgan fingerprint density at radius 2 is 1.62 bits per heavy atom. The second-order valence-electron chi connectivity index (χ2n) is 8.70. The number of hydrogen-bond donors (Lipinski definition) is 4. The maximum Gasteiger partial charge on any atom is 0.501 e. The zero-order valence-corrected chi connectivity index (χ0v) is 21.7. The molecule has 3 aromatic carbocycles. The Balaban J connectivity index is 1.72. The lowest BCUT2D eigenvalue weighted by atomic mass is 10.0. The van der Waals surface area contributed by atoms with Crippen molar-refractivity contribution in [1.82, 2.24) is 10.0 Å². The summed E-state index contributed by atoms with van der Waals surface area (Å²) in [6.45, 7) is 0.378. The minimum Gasteiger partial charge on any atom is -0.474 e. The van der Waals surface area contributed by atoms with Crippen molar-refractivity contribution in [3.63, 3.8) is 0 Å². The Morgan fingerprint density at radius 3 is 2.23 bits per heavy atom. The lowest BCUT2D eigenvalue weighted by Gasteiger charge is -2.21. The molecule has 0 bridgehead atoms. The van der Waals surface area contributed by atoms with Crippen LogP contribution in [0.15, 0.2) is 83.8 Å². The molecule has 0 radical (unpaired) electrons. The van der Waals surface area contributed by atoms with Crippen LogP contribution in [0, 0.1) is 0 Å². The van der Waals surface area contributed by atoms with Crippen molar-refractivity contribution in [2.24, 2.45) is 0 Å². The van der Waals surface area contributed by atoms with Gasteiger partial charge in [-0.25, -0.2) is 17.9 Å². The van der Waals surface area contributed by atoms with E-state index >= 15 is 0 Å². The number of halogens is 2. The van der Waals surface area contributed by atoms with Gasteiger partial charge in [-0.15, -0.1) is 0 Å². The smallest absolute Gasteiger partial charge is 0.474 e. The number of aryl methyl sites for hydroxylation is 1. The van der Waals surface area contributed by atoms with Crippen LogP contribution < -0.4 is 20.5 Å². The lowest BCUT2D eigenvalue weighted by molar-refractivity contribution is -0.210. The van der Waals surface area contributed by atoms with E-state index in [1.165, 1.54) is 23.8 Å². The number of anilines is 1. The van der Waals surface area contributed by atoms with Crippen molar-refractivity contribution >= 4 is 27.6 Å². The molecule has 1 atom stereocenters. The number of ether oxygens (including phenoxy) is 1. The number of aliphatic carboxylic acids is 1. The predicted molar refractivity (Wildman–Crippen MR) is 141 cm³/mol. The number of benzene rings is 3. The van der Waals surface area contributed by atoms with Crippen LogP contribution >= 0.6 is 0 Å². The molecule has 0 aliphatic carbocycles. The van der Waals surface area contributed by atoms with Gasteiger partial charge in [0.25, 0.3) is 0 Å². The highest BCUT2D eigenvalue weighted by atomic mass is 32.2. The van der Waals surface area contributed by atoms with Crippen LogP contribution in [0.1, 0.15) is 36.4 Å². The second-order valence-corrected chi connectivity index (χ2v) is 10.4. The summed E-state index contributed by atoms with van der Waals surface area (Å²) < 4.78 is 59.6. The number of hydrogen-bond acceptors (Lipinski definition) is 6. The topological polar surface area (TPSA) is 148 Å². The zero-order valence-electron chi connectivity index (χ0n) is 20.8. The fraction of sp³-hybridized carbons (Fsp3) is 0.259. The maximum atomic E-state index is 13.5. The quantitative estimate of drug-likeness (QED) is 0.172. The summed E-state index contributed by atoms with van der Waals surface area (Å²) in [6, 6.07) is 19.6. The van der Waals surface area contributed by atoms with Crippen molar-refractivity contribution < 1.29 is 36.6 Å². The van der Waals surface area contributed by atoms with Gasteiger partial charge in [-0.05, 0) is 54.7 Å². The maximum absolute atomic E-state index is 13.5. The van der Waals surface area contributed by atoms with Crippen molar-refractivity contribution in [2.75, 3.05) is 12.3 Å². The van der Waals surface area contributed by atoms with Gasteiger partial charge in [-0.3, -0.25) is 4.79 Å². The molecular formula is C27H29F2N3O6S. The van der Waals surface area contributed by atoms with Gasteiger partial charge >= 0.3 is 12.1 Å². The Labute approximate surface area is 225 Å². The monoisotopic (exact) mass is 561 g/mol. The first-order valence-corrected chi connectivity index (χ1v) is 13.5. The van der Waals surface area contributed by atoms with Crippen molar-refractivity contribution in [3.05, 3.63) is 90.0 Å². The first kappa shape index (κ1) is 29.5. The van der Waals surface area contributed by atoms with Gasteiger partial charge in [0.15, 0.2) is 0 Å². The predicted octanol–water partition coefficient (Wildman–Crippen LogP) is 3.87. The van der Waals surface area contributed by atoms with Gasteiger partial charge in [-0.1, -0.05) is 54.6 Å². The van der Waals surface area contributed by atoms with E-state index in [0.717, 1.165) is 25.0 Å². The molecule has 0 aromatic heterocycles. The number of nitrogen functional groups attached to an aromatic ring is 1. The number of carbonyl (C=O) groups excluding carboxylic acids is 1. The van der Waals surface area contributed by atoms with E-state index in [1.807, 2.05) is 30.3 Å². The molecular weight excluding hydrogens is 532 g/mol. The number of nitrogens with two attached hydrogens (primary N) is 1. The fourth-order valence-electron chi connectivity index (χ4n) is 3.73. The van der Waals surface area contributed by atoms with E-state index in [2.05, 4.69) is 14.8 Å². The molecule has 5 N–H and O–H groups in total. The van der Waals surface area contributed by atoms with Crippen LogP contribution in [-0.4, -0.2) is 38.1 Å². The summed E-state index contributed by atoms with van der Waals surface area (Å²) in [7, 11) is -4.08. The standard InChI is InChI=1S/C27H29F2N3O6S/c28-27(29,26(34)35)38-24-15-14-20(17-22(24)30)23(32-39(36,37)21-12-5-2-6-13-21)18-25(33)31-16-8-7-11-19-9-3-1-4-10-19/h1-6,9-10,12-15,17,23,32H,7-8,11,16,18,30H2,(H,31,33)(H,34,35). The Hall–Kier alpha value is -4.03. The van der Waals surface area contributed by atoms with Crippen LogP contribution in [0.2, 0.25) is 0 Å². The fourth-order valence-corrected chi connectivity index (χ4v) is 4.97. The van der Waals surface area contributed by atoms with Crippen molar-refractivity contribution in [2.45, 2.75) is 42.7 Å². The highest BCUT2D eigenvalue weighted by Gasteiger charge is 2.43. The molecule has 3 rings (SSSR count). The number of rotatable bonds is 14. The van der Waals surface area contributed by atoms with Crippen LogP contribution in [0.3, 0.4) is 0 Å². The molecule has 1 unspecified atom stereocenters. The molecule has 9 nitrogen and oxygen atoms in total. The summed E-state index contributed by atoms with van der Waals surface area (Å²) in [5.74, 6) is -3.55. The Kier molecular flexibility index (Phi) is 9.96. The molecule has 0 aliphatic rings. The van der Waals surface area contributed by atoms with Gasteiger partial charge in [0, 0.05) is 13.0 Å². The number of amides is 1. The third-order valence-corrected chi connectivity index (χ3v) is 7.21. The number of carboxylic acid groups (broad SMARTS) is 1. The molecule has 0 fully saturated rings. The highest BCUT2D eigenvalue weighted by Crippen LogP contribution is 2.31. The van der Waals surface area contributed by atoms with E-state index in [0.29, 0.717) is 13.0 Å². The summed E-state index contributed by atoms with van der Waals surface area (Å²) in [6.07, 6.45) is -2.43. The lowest BCUT2D eigenvalue weighted by Crippen LogP contribution is -2.35. The number of nitrogens with one attached hydrogen (secondary N) is 2. The normalized spacial score (nSPS) is 12.5. The van der Waals surface area contributed by atoms with Gasteiger partial charge in [-0.2, -0.15) is 8.78 Å². The van der Waals surface area contributed by atoms with E-state index in [1.54, 1.807) is 18.2 Å². The van der Waals surface area contributed by atoms with Crippen LogP contribution in [0.4, 0.5) is 14.5 Å². The highest BCUT2D eigenvalue weighted by molar-refractivity contribution is 7.89. The molecule has 208 valence electrons. The van der Waals surface area contributed by atoms with Crippen molar-refractivity contribution in [3.8, 4) is 5.75 Å². The molecule has 12 heteroatoms. The largest absolute Gasteiger partial charge is 0.501 e. The number of alkyl halides is 2. The second kappa shape index (κ2) is 13.2. The minimum absolute atomic E-state index is 0.0367. The number of sulfonamides is 1. The third kappa shape index (κ3) is 8.76. The molecule has 1 amide bonds. The van der Waals surface area contributed by atoms with Crippen LogP contribution in [0.25, 0.3) is 0 Å². The van der Waals surface area contributed by atoms with Crippen LogP contribution in [-0.2, 0) is 26.0 Å². The van der Waals surface area contributed by atoms with E-state index in [9.17, 15) is 26.8 Å². The van der Waals surface area contributed by atoms with Gasteiger partial charge in [0.1, 0.15) is 5.75 Å². The van der Waals surface area contributed by atoms with E-state index in [-0.39, 0.29) is 22.6 Å². The van der Waals surface area contributed by atoms with E-state index in [4.69, 9.17) is 10.8 Å². The van der Waals surface area contributed by atoms with Gasteiger partial charge in [0.2, 0.25) is 15.9 Å². The molecule has 0 saturated carbocycles. The first-order valence-electron chi connectivity index (χ1n) is 12.1. The number of unbranched alkanes of at least 4 members (excludes halogenated alkanes) is 1. The summed E-state index contributed by atoms with van der Waals surface area (Å²) in [5.41, 5.74) is 6.82. The van der Waals surface area contributed by atoms with Gasteiger partial charge < -0.3 is 20.9 Å².